The highest BCUT2D eigenvalue weighted by atomic mass is 32.1. The Kier molecular flexibility index (Phi) is 4.11. The number of fused-ring (bicyclic) bond motifs is 3. The summed E-state index contributed by atoms with van der Waals surface area (Å²) in [6.45, 7) is 4.86. The Morgan fingerprint density at radius 1 is 1.27 bits per heavy atom. The van der Waals surface area contributed by atoms with Crippen LogP contribution in [0.15, 0.2) is 35.7 Å². The third-order valence-corrected chi connectivity index (χ3v) is 5.80. The van der Waals surface area contributed by atoms with Gasteiger partial charge in [0.1, 0.15) is 11.4 Å². The molecule has 0 bridgehead atoms. The summed E-state index contributed by atoms with van der Waals surface area (Å²) in [6, 6.07) is 9.71. The molecule has 0 saturated carbocycles. The van der Waals surface area contributed by atoms with Crippen molar-refractivity contribution in [2.45, 2.75) is 33.2 Å². The molecule has 0 amide bonds. The summed E-state index contributed by atoms with van der Waals surface area (Å²) >= 11 is 1.61. The van der Waals surface area contributed by atoms with Crippen LogP contribution in [-0.2, 0) is 19.4 Å². The second kappa shape index (κ2) is 6.32. The molecule has 26 heavy (non-hydrogen) atoms. The van der Waals surface area contributed by atoms with E-state index < -0.39 is 5.97 Å². The predicted octanol–water partition coefficient (Wildman–Crippen LogP) is 5.04. The van der Waals surface area contributed by atoms with E-state index in [9.17, 15) is 15.0 Å². The second-order valence-electron chi connectivity index (χ2n) is 7.21. The molecule has 0 spiro atoms. The Hall–Kier alpha value is -2.53. The smallest absolute Gasteiger partial charge is 0.352 e. The summed E-state index contributed by atoms with van der Waals surface area (Å²) in [5.41, 5.74) is 5.28. The zero-order valence-corrected chi connectivity index (χ0v) is 15.6. The van der Waals surface area contributed by atoms with Crippen LogP contribution in [0.2, 0.25) is 0 Å². The summed E-state index contributed by atoms with van der Waals surface area (Å²) in [5, 5.41) is 22.1. The van der Waals surface area contributed by atoms with Crippen LogP contribution in [0.5, 0.6) is 5.75 Å². The summed E-state index contributed by atoms with van der Waals surface area (Å²) in [5.74, 6) is -0.132. The molecule has 0 fully saturated rings. The Morgan fingerprint density at radius 2 is 2.08 bits per heavy atom. The van der Waals surface area contributed by atoms with E-state index in [-0.39, 0.29) is 0 Å². The van der Waals surface area contributed by atoms with Crippen molar-refractivity contribution in [2.75, 3.05) is 0 Å². The second-order valence-corrected chi connectivity index (χ2v) is 8.16. The van der Waals surface area contributed by atoms with Crippen molar-refractivity contribution in [3.8, 4) is 27.4 Å². The number of aromatic hydroxyl groups is 1. The topological polar surface area (TPSA) is 62.5 Å². The Morgan fingerprint density at radius 3 is 2.73 bits per heavy atom. The van der Waals surface area contributed by atoms with Gasteiger partial charge in [-0.15, -0.1) is 11.3 Å². The van der Waals surface area contributed by atoms with E-state index in [4.69, 9.17) is 0 Å². The molecule has 5 heteroatoms. The quantitative estimate of drug-likeness (QED) is 0.679. The predicted molar refractivity (Wildman–Crippen MR) is 104 cm³/mol. The number of hydrogen-bond donors (Lipinski definition) is 2. The lowest BCUT2D eigenvalue weighted by molar-refractivity contribution is 0.0685. The van der Waals surface area contributed by atoms with Crippen LogP contribution in [0.3, 0.4) is 0 Å². The third-order valence-electron chi connectivity index (χ3n) is 4.90. The van der Waals surface area contributed by atoms with E-state index in [0.717, 1.165) is 45.7 Å². The van der Waals surface area contributed by atoms with Crippen LogP contribution in [0.1, 0.15) is 35.5 Å². The molecule has 1 aliphatic heterocycles. The average molecular weight is 367 g/mol. The normalized spacial score (nSPS) is 12.9. The fourth-order valence-corrected chi connectivity index (χ4v) is 4.55. The fraction of sp³-hybridized carbons (Fsp3) is 0.286. The highest BCUT2D eigenvalue weighted by molar-refractivity contribution is 7.13. The molecule has 2 aromatic heterocycles. The van der Waals surface area contributed by atoms with Gasteiger partial charge in [-0.3, -0.25) is 0 Å². The molecule has 0 unspecified atom stereocenters. The van der Waals surface area contributed by atoms with Crippen molar-refractivity contribution in [1.29, 1.82) is 0 Å². The number of carboxylic acid groups (broad SMARTS) is 1. The number of benzene rings is 1. The van der Waals surface area contributed by atoms with E-state index >= 15 is 0 Å². The number of aryl methyl sites for hydroxylation is 1. The number of aromatic nitrogens is 1. The lowest BCUT2D eigenvalue weighted by atomic mass is 9.91. The first-order valence-electron chi connectivity index (χ1n) is 8.81. The van der Waals surface area contributed by atoms with E-state index in [1.165, 1.54) is 0 Å². The molecule has 4 rings (SSSR count). The van der Waals surface area contributed by atoms with Gasteiger partial charge in [-0.05, 0) is 59.5 Å². The SMILES string of the molecule is CC(C)Cc1cc2c(cc1O)CCn1c(C(=O)O)cc(-c3cccs3)c1-2. The first-order valence-corrected chi connectivity index (χ1v) is 9.69. The van der Waals surface area contributed by atoms with Crippen molar-refractivity contribution in [3.05, 3.63) is 52.5 Å². The van der Waals surface area contributed by atoms with Crippen LogP contribution < -0.4 is 0 Å². The van der Waals surface area contributed by atoms with Gasteiger partial charge >= 0.3 is 5.97 Å². The minimum atomic E-state index is -0.904. The van der Waals surface area contributed by atoms with Crippen molar-refractivity contribution >= 4 is 17.3 Å². The minimum Gasteiger partial charge on any atom is -0.508 e. The third kappa shape index (κ3) is 2.72. The van der Waals surface area contributed by atoms with E-state index in [0.29, 0.717) is 23.9 Å². The number of nitrogens with zero attached hydrogens (tertiary/aromatic N) is 1. The van der Waals surface area contributed by atoms with Gasteiger partial charge in [-0.1, -0.05) is 19.9 Å². The first-order chi connectivity index (χ1) is 12.5. The molecule has 1 aliphatic rings. The lowest BCUT2D eigenvalue weighted by Crippen LogP contribution is -2.16. The van der Waals surface area contributed by atoms with Crippen molar-refractivity contribution in [3.63, 3.8) is 0 Å². The molecule has 2 N–H and O–H groups in total. The van der Waals surface area contributed by atoms with Gasteiger partial charge in [0.2, 0.25) is 0 Å². The number of aromatic carboxylic acids is 1. The molecule has 0 radical (unpaired) electrons. The fourth-order valence-electron chi connectivity index (χ4n) is 3.81. The van der Waals surface area contributed by atoms with Crippen molar-refractivity contribution in [1.82, 2.24) is 4.57 Å². The number of carboxylic acids is 1. The minimum absolute atomic E-state index is 0.326. The van der Waals surface area contributed by atoms with Crippen LogP contribution in [0, 0.1) is 5.92 Å². The zero-order chi connectivity index (χ0) is 18.4. The van der Waals surface area contributed by atoms with Crippen LogP contribution >= 0.6 is 11.3 Å². The maximum atomic E-state index is 11.8. The number of thiophene rings is 1. The molecule has 4 nitrogen and oxygen atoms in total. The largest absolute Gasteiger partial charge is 0.508 e. The highest BCUT2D eigenvalue weighted by Gasteiger charge is 2.27. The molecule has 1 aromatic carbocycles. The highest BCUT2D eigenvalue weighted by Crippen LogP contribution is 2.43. The maximum Gasteiger partial charge on any atom is 0.352 e. The molecular formula is C21H21NO3S. The molecular weight excluding hydrogens is 346 g/mol. The van der Waals surface area contributed by atoms with E-state index in [1.807, 2.05) is 28.1 Å². The number of hydrogen-bond acceptors (Lipinski definition) is 3. The zero-order valence-electron chi connectivity index (χ0n) is 14.8. The Bertz CT molecular complexity index is 983. The summed E-state index contributed by atoms with van der Waals surface area (Å²) < 4.78 is 1.91. The monoisotopic (exact) mass is 367 g/mol. The number of phenolic OH excluding ortho intramolecular Hbond substituents is 1. The average Bonchev–Trinajstić information content (AvgIpc) is 3.21. The molecule has 0 aliphatic carbocycles. The standard InChI is InChI=1S/C21H21NO3S/c1-12(2)8-14-9-15-13(10-18(14)23)5-6-22-17(21(24)25)11-16(20(15)22)19-4-3-7-26-19/h3-4,7,9-12,23H,5-6,8H2,1-2H3,(H,24,25). The van der Waals surface area contributed by atoms with Crippen molar-refractivity contribution in [2.24, 2.45) is 5.92 Å². The molecule has 134 valence electrons. The van der Waals surface area contributed by atoms with Gasteiger partial charge in [0, 0.05) is 22.5 Å². The first kappa shape index (κ1) is 16.9. The van der Waals surface area contributed by atoms with Gasteiger partial charge in [-0.2, -0.15) is 0 Å². The van der Waals surface area contributed by atoms with Crippen molar-refractivity contribution < 1.29 is 15.0 Å². The van der Waals surface area contributed by atoms with E-state index in [1.54, 1.807) is 17.4 Å². The maximum absolute atomic E-state index is 11.8. The van der Waals surface area contributed by atoms with Gasteiger partial charge in [-0.25, -0.2) is 4.79 Å². The van der Waals surface area contributed by atoms with Crippen LogP contribution in [0.25, 0.3) is 21.7 Å². The number of carbonyl (C=O) groups is 1. The molecule has 3 heterocycles. The summed E-state index contributed by atoms with van der Waals surface area (Å²) in [7, 11) is 0. The molecule has 0 atom stereocenters. The number of phenols is 1. The summed E-state index contributed by atoms with van der Waals surface area (Å²) in [4.78, 5) is 12.8. The van der Waals surface area contributed by atoms with E-state index in [2.05, 4.69) is 19.9 Å². The van der Waals surface area contributed by atoms with Gasteiger partial charge in [0.25, 0.3) is 0 Å². The van der Waals surface area contributed by atoms with Crippen LogP contribution in [0.4, 0.5) is 0 Å². The van der Waals surface area contributed by atoms with Gasteiger partial charge < -0.3 is 14.8 Å². The summed E-state index contributed by atoms with van der Waals surface area (Å²) in [6.07, 6.45) is 1.51. The Balaban J connectivity index is 1.97. The molecule has 3 aromatic rings. The van der Waals surface area contributed by atoms with Crippen LogP contribution in [-0.4, -0.2) is 20.7 Å². The molecule has 0 saturated heterocycles. The number of rotatable bonds is 4. The van der Waals surface area contributed by atoms with Gasteiger partial charge in [0.05, 0.1) is 5.69 Å². The van der Waals surface area contributed by atoms with Gasteiger partial charge in [0.15, 0.2) is 0 Å². The Labute approximate surface area is 156 Å². The lowest BCUT2D eigenvalue weighted by Gasteiger charge is -2.23.